The highest BCUT2D eigenvalue weighted by molar-refractivity contribution is 7.16. The van der Waals surface area contributed by atoms with Crippen LogP contribution in [0.2, 0.25) is 0 Å². The van der Waals surface area contributed by atoms with Gasteiger partial charge in [0.15, 0.2) is 27.8 Å². The van der Waals surface area contributed by atoms with Crippen molar-refractivity contribution in [2.75, 3.05) is 27.4 Å². The van der Waals surface area contributed by atoms with Crippen LogP contribution >= 0.6 is 11.3 Å². The Balaban J connectivity index is 1.67. The molecule has 1 aliphatic heterocycles. The number of nitrogens with zero attached hydrogens (tertiary/aromatic N) is 2. The Labute approximate surface area is 172 Å². The molecule has 152 valence electrons. The maximum atomic E-state index is 12.6. The Morgan fingerprint density at radius 3 is 2.52 bits per heavy atom. The number of carbonyl (C=O) groups is 1. The Kier molecular flexibility index (Phi) is 5.44. The molecule has 0 N–H and O–H groups in total. The number of hydrogen-bond donors (Lipinski definition) is 0. The van der Waals surface area contributed by atoms with Crippen molar-refractivity contribution in [1.82, 2.24) is 4.57 Å². The summed E-state index contributed by atoms with van der Waals surface area (Å²) in [6.45, 7) is 3.80. The summed E-state index contributed by atoms with van der Waals surface area (Å²) in [4.78, 5) is 17.7. The Hall–Kier alpha value is -3.00. The summed E-state index contributed by atoms with van der Waals surface area (Å²) in [5, 5.41) is 0. The van der Waals surface area contributed by atoms with Gasteiger partial charge in [0.05, 0.1) is 30.9 Å². The smallest absolute Gasteiger partial charge is 0.252 e. The van der Waals surface area contributed by atoms with Crippen LogP contribution in [0.1, 0.15) is 12.5 Å². The molecule has 0 saturated carbocycles. The molecule has 0 unspecified atom stereocenters. The number of thiazole rings is 1. The molecule has 8 heteroatoms. The zero-order valence-electron chi connectivity index (χ0n) is 16.6. The van der Waals surface area contributed by atoms with Crippen LogP contribution < -0.4 is 23.7 Å². The van der Waals surface area contributed by atoms with Gasteiger partial charge in [0.25, 0.3) is 5.91 Å². The number of hydrogen-bond acceptors (Lipinski definition) is 6. The van der Waals surface area contributed by atoms with Gasteiger partial charge in [0, 0.05) is 18.7 Å². The van der Waals surface area contributed by atoms with E-state index in [0.29, 0.717) is 36.1 Å². The molecule has 4 rings (SSSR count). The molecule has 1 aliphatic rings. The third-order valence-corrected chi connectivity index (χ3v) is 5.73. The molecule has 2 aromatic carbocycles. The van der Waals surface area contributed by atoms with Crippen LogP contribution in [0.4, 0.5) is 0 Å². The van der Waals surface area contributed by atoms with Crippen molar-refractivity contribution in [3.63, 3.8) is 0 Å². The van der Waals surface area contributed by atoms with Crippen LogP contribution in [0.5, 0.6) is 23.0 Å². The minimum atomic E-state index is -0.219. The first kappa shape index (κ1) is 19.3. The predicted molar refractivity (Wildman–Crippen MR) is 110 cm³/mol. The monoisotopic (exact) mass is 414 g/mol. The fraction of sp³-hybridized carbons (Fsp3) is 0.333. The molecule has 0 bridgehead atoms. The van der Waals surface area contributed by atoms with Gasteiger partial charge in [-0.1, -0.05) is 17.4 Å². The van der Waals surface area contributed by atoms with Crippen molar-refractivity contribution in [3.8, 4) is 23.0 Å². The van der Waals surface area contributed by atoms with Gasteiger partial charge in [0.2, 0.25) is 0 Å². The third-order valence-electron chi connectivity index (χ3n) is 4.69. The maximum absolute atomic E-state index is 12.6. The summed E-state index contributed by atoms with van der Waals surface area (Å²) in [6.07, 6.45) is 0.182. The molecule has 0 aliphatic carbocycles. The summed E-state index contributed by atoms with van der Waals surface area (Å²) in [5.41, 5.74) is 1.80. The second kappa shape index (κ2) is 8.16. The molecular formula is C21H22N2O5S. The SMILES string of the molecule is CCn1c(=NC(=O)Cc2ccc(OC)c(OC)c2)sc2cc3c(cc21)OCCO3. The number of carbonyl (C=O) groups excluding carboxylic acids is 1. The van der Waals surface area contributed by atoms with Crippen molar-refractivity contribution >= 4 is 27.5 Å². The summed E-state index contributed by atoms with van der Waals surface area (Å²) >= 11 is 1.47. The zero-order valence-corrected chi connectivity index (χ0v) is 17.4. The minimum Gasteiger partial charge on any atom is -0.493 e. The second-order valence-electron chi connectivity index (χ2n) is 6.46. The van der Waals surface area contributed by atoms with Crippen LogP contribution in [-0.2, 0) is 17.8 Å². The van der Waals surface area contributed by atoms with E-state index in [0.717, 1.165) is 27.3 Å². The van der Waals surface area contributed by atoms with E-state index in [9.17, 15) is 4.79 Å². The lowest BCUT2D eigenvalue weighted by Crippen LogP contribution is -2.17. The standard InChI is InChI=1S/C21H22N2O5S/c1-4-23-14-11-17-18(28-8-7-27-17)12-19(14)29-21(23)22-20(24)10-13-5-6-15(25-2)16(9-13)26-3/h5-6,9,11-12H,4,7-8,10H2,1-3H3. The van der Waals surface area contributed by atoms with Crippen LogP contribution in [-0.4, -0.2) is 37.9 Å². The van der Waals surface area contributed by atoms with Gasteiger partial charge >= 0.3 is 0 Å². The number of amides is 1. The number of methoxy groups -OCH3 is 2. The normalized spacial score (nSPS) is 13.6. The van der Waals surface area contributed by atoms with Crippen molar-refractivity contribution in [3.05, 3.63) is 40.7 Å². The third kappa shape index (κ3) is 3.80. The lowest BCUT2D eigenvalue weighted by atomic mass is 10.1. The topological polar surface area (TPSA) is 71.3 Å². The maximum Gasteiger partial charge on any atom is 0.252 e. The van der Waals surface area contributed by atoms with Gasteiger partial charge in [-0.05, 0) is 24.6 Å². The first-order chi connectivity index (χ1) is 14.1. The first-order valence-electron chi connectivity index (χ1n) is 9.34. The van der Waals surface area contributed by atoms with E-state index >= 15 is 0 Å². The van der Waals surface area contributed by atoms with Gasteiger partial charge in [-0.15, -0.1) is 0 Å². The molecule has 7 nitrogen and oxygen atoms in total. The fourth-order valence-corrected chi connectivity index (χ4v) is 4.43. The zero-order chi connectivity index (χ0) is 20.4. The van der Waals surface area contributed by atoms with Crippen molar-refractivity contribution in [1.29, 1.82) is 0 Å². The first-order valence-corrected chi connectivity index (χ1v) is 10.2. The molecule has 0 radical (unpaired) electrons. The lowest BCUT2D eigenvalue weighted by molar-refractivity contribution is -0.117. The van der Waals surface area contributed by atoms with Crippen molar-refractivity contribution < 1.29 is 23.7 Å². The molecule has 0 spiro atoms. The van der Waals surface area contributed by atoms with E-state index in [1.165, 1.54) is 11.3 Å². The van der Waals surface area contributed by atoms with Crippen LogP contribution in [0.15, 0.2) is 35.3 Å². The summed E-state index contributed by atoms with van der Waals surface area (Å²) < 4.78 is 24.9. The van der Waals surface area contributed by atoms with Gasteiger partial charge < -0.3 is 23.5 Å². The van der Waals surface area contributed by atoms with E-state index in [-0.39, 0.29) is 12.3 Å². The van der Waals surface area contributed by atoms with E-state index in [2.05, 4.69) is 4.99 Å². The van der Waals surface area contributed by atoms with Crippen molar-refractivity contribution in [2.45, 2.75) is 19.9 Å². The van der Waals surface area contributed by atoms with Crippen LogP contribution in [0.25, 0.3) is 10.2 Å². The molecule has 3 aromatic rings. The molecule has 2 heterocycles. The van der Waals surface area contributed by atoms with Gasteiger partial charge in [-0.3, -0.25) is 4.79 Å². The van der Waals surface area contributed by atoms with Crippen molar-refractivity contribution in [2.24, 2.45) is 4.99 Å². The summed E-state index contributed by atoms with van der Waals surface area (Å²) in [6, 6.07) is 9.35. The number of ether oxygens (including phenoxy) is 4. The van der Waals surface area contributed by atoms with Crippen LogP contribution in [0, 0.1) is 0 Å². The number of aromatic nitrogens is 1. The average molecular weight is 414 g/mol. The average Bonchev–Trinajstić information content (AvgIpc) is 3.07. The van der Waals surface area contributed by atoms with Gasteiger partial charge in [-0.2, -0.15) is 4.99 Å². The largest absolute Gasteiger partial charge is 0.493 e. The summed E-state index contributed by atoms with van der Waals surface area (Å²) in [5.74, 6) is 2.46. The highest BCUT2D eigenvalue weighted by atomic mass is 32.1. The Bertz CT molecular complexity index is 1130. The molecule has 1 amide bonds. The molecule has 0 fully saturated rings. The van der Waals surface area contributed by atoms with Gasteiger partial charge in [-0.25, -0.2) is 0 Å². The molecular weight excluding hydrogens is 392 g/mol. The second-order valence-corrected chi connectivity index (χ2v) is 7.47. The predicted octanol–water partition coefficient (Wildman–Crippen LogP) is 3.18. The minimum absolute atomic E-state index is 0.182. The number of aryl methyl sites for hydroxylation is 1. The molecule has 0 atom stereocenters. The van der Waals surface area contributed by atoms with E-state index in [4.69, 9.17) is 18.9 Å². The molecule has 29 heavy (non-hydrogen) atoms. The van der Waals surface area contributed by atoms with Gasteiger partial charge in [0.1, 0.15) is 13.2 Å². The molecule has 0 saturated heterocycles. The summed E-state index contributed by atoms with van der Waals surface area (Å²) in [7, 11) is 3.15. The number of rotatable bonds is 5. The number of benzene rings is 2. The highest BCUT2D eigenvalue weighted by Gasteiger charge is 2.16. The van der Waals surface area contributed by atoms with E-state index in [1.54, 1.807) is 26.4 Å². The van der Waals surface area contributed by atoms with E-state index in [1.807, 2.05) is 29.7 Å². The fourth-order valence-electron chi connectivity index (χ4n) is 3.31. The molecule has 1 aromatic heterocycles. The quantitative estimate of drug-likeness (QED) is 0.641. The lowest BCUT2D eigenvalue weighted by Gasteiger charge is -2.18. The highest BCUT2D eigenvalue weighted by Crippen LogP contribution is 2.35. The van der Waals surface area contributed by atoms with Crippen LogP contribution in [0.3, 0.4) is 0 Å². The van der Waals surface area contributed by atoms with E-state index < -0.39 is 0 Å². The Morgan fingerprint density at radius 1 is 1.10 bits per heavy atom. The number of fused-ring (bicyclic) bond motifs is 2. The Morgan fingerprint density at radius 2 is 1.83 bits per heavy atom.